The Kier molecular flexibility index (Phi) is 5.03. The molecule has 1 aromatic rings. The second-order valence-electron chi connectivity index (χ2n) is 7.02. The zero-order chi connectivity index (χ0) is 14.6. The van der Waals surface area contributed by atoms with Crippen LogP contribution in [0.5, 0.6) is 5.88 Å². The van der Waals surface area contributed by atoms with Crippen LogP contribution in [-0.2, 0) is 6.54 Å². The van der Waals surface area contributed by atoms with E-state index in [0.29, 0.717) is 12.0 Å². The maximum Gasteiger partial charge on any atom is 0.213 e. The first-order valence-electron chi connectivity index (χ1n) is 7.81. The molecule has 0 amide bonds. The van der Waals surface area contributed by atoms with E-state index in [1.54, 1.807) is 0 Å². The monoisotopic (exact) mass is 276 g/mol. The standard InChI is InChI=1S/C17H28N2O/c1-13-7-5-6-8-15(13)20-16-11-14(9-10-18-16)12-19-17(2,3)4/h9-11,13,15,19H,5-8,12H2,1-4H3. The summed E-state index contributed by atoms with van der Waals surface area (Å²) in [5.41, 5.74) is 1.36. The Morgan fingerprint density at radius 1 is 1.30 bits per heavy atom. The number of rotatable bonds is 4. The maximum atomic E-state index is 6.10. The fourth-order valence-electron chi connectivity index (χ4n) is 2.60. The minimum atomic E-state index is 0.127. The Hall–Kier alpha value is -1.09. The van der Waals surface area contributed by atoms with Crippen LogP contribution in [0.15, 0.2) is 18.3 Å². The largest absolute Gasteiger partial charge is 0.474 e. The van der Waals surface area contributed by atoms with Gasteiger partial charge in [0, 0.05) is 24.3 Å². The van der Waals surface area contributed by atoms with Crippen molar-refractivity contribution in [2.24, 2.45) is 5.92 Å². The molecule has 3 nitrogen and oxygen atoms in total. The normalized spacial score (nSPS) is 23.6. The number of hydrogen-bond donors (Lipinski definition) is 1. The fraction of sp³-hybridized carbons (Fsp3) is 0.706. The lowest BCUT2D eigenvalue weighted by atomic mass is 9.88. The summed E-state index contributed by atoms with van der Waals surface area (Å²) in [7, 11) is 0. The van der Waals surface area contributed by atoms with E-state index in [-0.39, 0.29) is 5.54 Å². The molecule has 0 saturated heterocycles. The fourth-order valence-corrected chi connectivity index (χ4v) is 2.60. The SMILES string of the molecule is CC1CCCCC1Oc1cc(CNC(C)(C)C)ccn1. The van der Waals surface area contributed by atoms with Gasteiger partial charge in [0.1, 0.15) is 6.10 Å². The molecule has 0 radical (unpaired) electrons. The lowest BCUT2D eigenvalue weighted by molar-refractivity contribution is 0.0975. The topological polar surface area (TPSA) is 34.1 Å². The van der Waals surface area contributed by atoms with E-state index < -0.39 is 0 Å². The minimum absolute atomic E-state index is 0.127. The molecule has 1 fully saturated rings. The van der Waals surface area contributed by atoms with Gasteiger partial charge in [-0.25, -0.2) is 4.98 Å². The van der Waals surface area contributed by atoms with Crippen molar-refractivity contribution in [2.75, 3.05) is 0 Å². The Bertz CT molecular complexity index is 425. The molecule has 112 valence electrons. The van der Waals surface area contributed by atoms with Crippen molar-refractivity contribution in [3.63, 3.8) is 0 Å². The van der Waals surface area contributed by atoms with Crippen molar-refractivity contribution >= 4 is 0 Å². The van der Waals surface area contributed by atoms with Crippen molar-refractivity contribution in [3.8, 4) is 5.88 Å². The van der Waals surface area contributed by atoms with Crippen molar-refractivity contribution in [3.05, 3.63) is 23.9 Å². The van der Waals surface area contributed by atoms with Gasteiger partial charge in [0.05, 0.1) is 0 Å². The van der Waals surface area contributed by atoms with Gasteiger partial charge in [-0.3, -0.25) is 0 Å². The second kappa shape index (κ2) is 6.57. The number of aromatic nitrogens is 1. The van der Waals surface area contributed by atoms with E-state index >= 15 is 0 Å². The highest BCUT2D eigenvalue weighted by atomic mass is 16.5. The van der Waals surface area contributed by atoms with Gasteiger partial charge in [0.15, 0.2) is 0 Å². The van der Waals surface area contributed by atoms with Gasteiger partial charge in [-0.05, 0) is 57.6 Å². The second-order valence-corrected chi connectivity index (χ2v) is 7.02. The molecule has 1 aliphatic carbocycles. The van der Waals surface area contributed by atoms with E-state index in [2.05, 4.69) is 50.1 Å². The molecule has 20 heavy (non-hydrogen) atoms. The predicted octanol–water partition coefficient (Wildman–Crippen LogP) is 3.93. The summed E-state index contributed by atoms with van der Waals surface area (Å²) < 4.78 is 6.10. The maximum absolute atomic E-state index is 6.10. The molecular weight excluding hydrogens is 248 g/mol. The van der Waals surface area contributed by atoms with Crippen molar-refractivity contribution in [2.45, 2.75) is 71.6 Å². The van der Waals surface area contributed by atoms with E-state index in [4.69, 9.17) is 4.74 Å². The highest BCUT2D eigenvalue weighted by molar-refractivity contribution is 5.20. The van der Waals surface area contributed by atoms with Crippen LogP contribution >= 0.6 is 0 Å². The molecule has 1 saturated carbocycles. The van der Waals surface area contributed by atoms with Crippen LogP contribution in [0.3, 0.4) is 0 Å². The van der Waals surface area contributed by atoms with Crippen LogP contribution < -0.4 is 10.1 Å². The zero-order valence-electron chi connectivity index (χ0n) is 13.3. The van der Waals surface area contributed by atoms with Gasteiger partial charge >= 0.3 is 0 Å². The molecule has 1 aromatic heterocycles. The summed E-state index contributed by atoms with van der Waals surface area (Å²) in [6, 6.07) is 4.12. The number of hydrogen-bond acceptors (Lipinski definition) is 3. The van der Waals surface area contributed by atoms with Crippen molar-refractivity contribution < 1.29 is 4.74 Å². The summed E-state index contributed by atoms with van der Waals surface area (Å²) in [5, 5.41) is 3.49. The molecule has 2 atom stereocenters. The molecule has 0 bridgehead atoms. The Balaban J connectivity index is 1.95. The van der Waals surface area contributed by atoms with Crippen LogP contribution in [0.25, 0.3) is 0 Å². The quantitative estimate of drug-likeness (QED) is 0.905. The number of ether oxygens (including phenoxy) is 1. The average molecular weight is 276 g/mol. The van der Waals surface area contributed by atoms with Gasteiger partial charge in [-0.15, -0.1) is 0 Å². The van der Waals surface area contributed by atoms with E-state index in [1.807, 2.05) is 6.20 Å². The molecule has 0 aliphatic heterocycles. The molecule has 2 unspecified atom stereocenters. The zero-order valence-corrected chi connectivity index (χ0v) is 13.3. The summed E-state index contributed by atoms with van der Waals surface area (Å²) in [6.07, 6.45) is 7.23. The molecule has 2 rings (SSSR count). The number of nitrogens with zero attached hydrogens (tertiary/aromatic N) is 1. The lowest BCUT2D eigenvalue weighted by Crippen LogP contribution is -2.35. The predicted molar refractivity (Wildman–Crippen MR) is 82.9 cm³/mol. The van der Waals surface area contributed by atoms with Gasteiger partial charge < -0.3 is 10.1 Å². The van der Waals surface area contributed by atoms with Crippen LogP contribution in [-0.4, -0.2) is 16.6 Å². The molecule has 0 spiro atoms. The molecule has 0 aromatic carbocycles. The third kappa shape index (κ3) is 4.78. The van der Waals surface area contributed by atoms with Crippen LogP contribution in [0, 0.1) is 5.92 Å². The first-order valence-corrected chi connectivity index (χ1v) is 7.81. The van der Waals surface area contributed by atoms with E-state index in [1.165, 1.54) is 24.8 Å². The first-order chi connectivity index (χ1) is 9.44. The Labute approximate surface area is 123 Å². The van der Waals surface area contributed by atoms with Crippen molar-refractivity contribution in [1.29, 1.82) is 0 Å². The summed E-state index contributed by atoms with van der Waals surface area (Å²) in [6.45, 7) is 9.66. The highest BCUT2D eigenvalue weighted by Gasteiger charge is 2.23. The number of nitrogens with one attached hydrogen (secondary N) is 1. The molecule has 1 aliphatic rings. The lowest BCUT2D eigenvalue weighted by Gasteiger charge is -2.29. The van der Waals surface area contributed by atoms with Crippen molar-refractivity contribution in [1.82, 2.24) is 10.3 Å². The van der Waals surface area contributed by atoms with Gasteiger partial charge in [0.2, 0.25) is 5.88 Å². The average Bonchev–Trinajstić information content (AvgIpc) is 2.39. The molecule has 3 heteroatoms. The highest BCUT2D eigenvalue weighted by Crippen LogP contribution is 2.27. The minimum Gasteiger partial charge on any atom is -0.474 e. The van der Waals surface area contributed by atoms with Crippen LogP contribution in [0.1, 0.15) is 58.9 Å². The van der Waals surface area contributed by atoms with Crippen LogP contribution in [0.4, 0.5) is 0 Å². The molecular formula is C17H28N2O. The molecule has 1 N–H and O–H groups in total. The third-order valence-electron chi connectivity index (χ3n) is 3.93. The van der Waals surface area contributed by atoms with Gasteiger partial charge in [0.25, 0.3) is 0 Å². The summed E-state index contributed by atoms with van der Waals surface area (Å²) in [4.78, 5) is 4.36. The van der Waals surface area contributed by atoms with E-state index in [0.717, 1.165) is 18.8 Å². The molecule has 1 heterocycles. The summed E-state index contributed by atoms with van der Waals surface area (Å²) in [5.74, 6) is 1.42. The first kappa shape index (κ1) is 15.3. The van der Waals surface area contributed by atoms with E-state index in [9.17, 15) is 0 Å². The van der Waals surface area contributed by atoms with Gasteiger partial charge in [-0.1, -0.05) is 13.3 Å². The summed E-state index contributed by atoms with van der Waals surface area (Å²) >= 11 is 0. The van der Waals surface area contributed by atoms with Gasteiger partial charge in [-0.2, -0.15) is 0 Å². The Morgan fingerprint density at radius 3 is 2.75 bits per heavy atom. The van der Waals surface area contributed by atoms with Crippen LogP contribution in [0.2, 0.25) is 0 Å². The smallest absolute Gasteiger partial charge is 0.213 e. The Morgan fingerprint density at radius 2 is 2.05 bits per heavy atom. The number of pyridine rings is 1. The third-order valence-corrected chi connectivity index (χ3v) is 3.93.